The predicted molar refractivity (Wildman–Crippen MR) is 64.0 cm³/mol. The SMILES string of the molecule is CC.CCCN1CCc2ccccc21.[V]. The fourth-order valence-corrected chi connectivity index (χ4v) is 1.91. The molecule has 0 fully saturated rings. The zero-order valence-electron chi connectivity index (χ0n) is 10.0. The summed E-state index contributed by atoms with van der Waals surface area (Å²) in [5.74, 6) is 0. The molecule has 1 nitrogen and oxygen atoms in total. The van der Waals surface area contributed by atoms with E-state index >= 15 is 0 Å². The molecule has 1 aliphatic rings. The van der Waals surface area contributed by atoms with E-state index in [1.807, 2.05) is 13.8 Å². The van der Waals surface area contributed by atoms with Crippen molar-refractivity contribution in [2.45, 2.75) is 33.6 Å². The van der Waals surface area contributed by atoms with E-state index in [9.17, 15) is 0 Å². The quantitative estimate of drug-likeness (QED) is 0.767. The fourth-order valence-electron chi connectivity index (χ4n) is 1.91. The Morgan fingerprint density at radius 1 is 1.20 bits per heavy atom. The van der Waals surface area contributed by atoms with Gasteiger partial charge in [0.2, 0.25) is 0 Å². The fraction of sp³-hybridized carbons (Fsp3) is 0.538. The number of benzene rings is 1. The van der Waals surface area contributed by atoms with Crippen molar-refractivity contribution in [2.75, 3.05) is 18.0 Å². The largest absolute Gasteiger partial charge is 0.371 e. The van der Waals surface area contributed by atoms with Crippen molar-refractivity contribution < 1.29 is 18.6 Å². The molecule has 0 amide bonds. The van der Waals surface area contributed by atoms with Gasteiger partial charge in [-0.3, -0.25) is 0 Å². The second kappa shape index (κ2) is 7.84. The van der Waals surface area contributed by atoms with Gasteiger partial charge >= 0.3 is 0 Å². The number of para-hydroxylation sites is 1. The van der Waals surface area contributed by atoms with Gasteiger partial charge in [0.1, 0.15) is 0 Å². The molecular weight excluding hydrogens is 221 g/mol. The van der Waals surface area contributed by atoms with Crippen LogP contribution in [0.25, 0.3) is 0 Å². The monoisotopic (exact) mass is 242 g/mol. The van der Waals surface area contributed by atoms with Crippen LogP contribution in [0.3, 0.4) is 0 Å². The van der Waals surface area contributed by atoms with Crippen LogP contribution in [0.1, 0.15) is 32.8 Å². The van der Waals surface area contributed by atoms with Crippen molar-refractivity contribution in [2.24, 2.45) is 0 Å². The third-order valence-electron chi connectivity index (χ3n) is 2.48. The summed E-state index contributed by atoms with van der Waals surface area (Å²) < 4.78 is 0. The van der Waals surface area contributed by atoms with Crippen LogP contribution in [0, 0.1) is 0 Å². The molecule has 83 valence electrons. The molecule has 2 heteroatoms. The Bertz CT molecular complexity index is 271. The first-order valence-electron chi connectivity index (χ1n) is 5.74. The van der Waals surface area contributed by atoms with Crippen molar-refractivity contribution in [1.29, 1.82) is 0 Å². The Morgan fingerprint density at radius 3 is 2.53 bits per heavy atom. The standard InChI is InChI=1S/C11H15N.C2H6.V/c1-2-8-12-9-7-10-5-3-4-6-11(10)12;1-2;/h3-6H,2,7-9H2,1H3;1-2H3;. The summed E-state index contributed by atoms with van der Waals surface area (Å²) in [6.07, 6.45) is 2.48. The van der Waals surface area contributed by atoms with Crippen LogP contribution >= 0.6 is 0 Å². The van der Waals surface area contributed by atoms with Crippen molar-refractivity contribution in [1.82, 2.24) is 0 Å². The average Bonchev–Trinajstić information content (AvgIpc) is 2.66. The Balaban J connectivity index is 0.000000617. The first-order chi connectivity index (χ1) is 6.92. The van der Waals surface area contributed by atoms with Gasteiger partial charge in [0, 0.05) is 37.3 Å². The maximum Gasteiger partial charge on any atom is 0.0399 e. The van der Waals surface area contributed by atoms with Crippen molar-refractivity contribution in [3.63, 3.8) is 0 Å². The maximum atomic E-state index is 2.48. The molecule has 0 N–H and O–H groups in total. The van der Waals surface area contributed by atoms with Crippen LogP contribution in [-0.2, 0) is 25.0 Å². The topological polar surface area (TPSA) is 3.24 Å². The first kappa shape index (κ1) is 14.6. The van der Waals surface area contributed by atoms with Gasteiger partial charge in [-0.2, -0.15) is 0 Å². The molecule has 1 aromatic rings. The van der Waals surface area contributed by atoms with E-state index in [1.165, 1.54) is 37.2 Å². The molecule has 1 radical (unpaired) electrons. The molecule has 1 heterocycles. The third-order valence-corrected chi connectivity index (χ3v) is 2.48. The van der Waals surface area contributed by atoms with Crippen LogP contribution in [0.5, 0.6) is 0 Å². The minimum Gasteiger partial charge on any atom is -0.371 e. The smallest absolute Gasteiger partial charge is 0.0399 e. The summed E-state index contributed by atoms with van der Waals surface area (Å²) in [4.78, 5) is 2.48. The van der Waals surface area contributed by atoms with E-state index in [2.05, 4.69) is 36.1 Å². The van der Waals surface area contributed by atoms with Crippen LogP contribution in [0.2, 0.25) is 0 Å². The van der Waals surface area contributed by atoms with Gasteiger partial charge in [0.05, 0.1) is 0 Å². The zero-order chi connectivity index (χ0) is 10.4. The number of hydrogen-bond donors (Lipinski definition) is 0. The molecule has 0 saturated carbocycles. The van der Waals surface area contributed by atoms with Gasteiger partial charge in [-0.1, -0.05) is 39.0 Å². The van der Waals surface area contributed by atoms with E-state index in [0.29, 0.717) is 0 Å². The van der Waals surface area contributed by atoms with Gasteiger partial charge in [-0.05, 0) is 24.5 Å². The Morgan fingerprint density at radius 2 is 1.87 bits per heavy atom. The second-order valence-corrected chi connectivity index (χ2v) is 3.37. The molecular formula is C13H21NV. The summed E-state index contributed by atoms with van der Waals surface area (Å²) in [5, 5.41) is 0. The summed E-state index contributed by atoms with van der Waals surface area (Å²) in [6.45, 7) is 8.66. The molecule has 2 rings (SSSR count). The normalized spacial score (nSPS) is 12.3. The summed E-state index contributed by atoms with van der Waals surface area (Å²) in [7, 11) is 0. The Hall–Kier alpha value is -0.396. The average molecular weight is 242 g/mol. The molecule has 1 aliphatic heterocycles. The molecule has 1 aromatic carbocycles. The molecule has 0 aromatic heterocycles. The molecule has 0 atom stereocenters. The zero-order valence-corrected chi connectivity index (χ0v) is 11.4. The van der Waals surface area contributed by atoms with E-state index in [-0.39, 0.29) is 18.6 Å². The Labute approximate surface area is 106 Å². The number of anilines is 1. The summed E-state index contributed by atoms with van der Waals surface area (Å²) in [6, 6.07) is 8.74. The van der Waals surface area contributed by atoms with Crippen molar-refractivity contribution in [3.05, 3.63) is 29.8 Å². The third kappa shape index (κ3) is 3.59. The predicted octanol–water partition coefficient (Wildman–Crippen LogP) is 3.48. The summed E-state index contributed by atoms with van der Waals surface area (Å²) >= 11 is 0. The first-order valence-corrected chi connectivity index (χ1v) is 5.74. The number of hydrogen-bond acceptors (Lipinski definition) is 1. The van der Waals surface area contributed by atoms with Crippen LogP contribution in [0.15, 0.2) is 24.3 Å². The molecule has 0 spiro atoms. The van der Waals surface area contributed by atoms with Crippen LogP contribution < -0.4 is 4.90 Å². The van der Waals surface area contributed by atoms with E-state index in [0.717, 1.165) is 0 Å². The molecule has 0 unspecified atom stereocenters. The molecule has 15 heavy (non-hydrogen) atoms. The summed E-state index contributed by atoms with van der Waals surface area (Å²) in [5.41, 5.74) is 2.98. The van der Waals surface area contributed by atoms with Gasteiger partial charge in [0.25, 0.3) is 0 Å². The van der Waals surface area contributed by atoms with Gasteiger partial charge in [-0.15, -0.1) is 0 Å². The van der Waals surface area contributed by atoms with Crippen LogP contribution in [0.4, 0.5) is 5.69 Å². The van der Waals surface area contributed by atoms with E-state index in [1.54, 1.807) is 0 Å². The van der Waals surface area contributed by atoms with Gasteiger partial charge < -0.3 is 4.90 Å². The van der Waals surface area contributed by atoms with Crippen molar-refractivity contribution >= 4 is 5.69 Å². The number of fused-ring (bicyclic) bond motifs is 1. The number of nitrogens with zero attached hydrogens (tertiary/aromatic N) is 1. The van der Waals surface area contributed by atoms with E-state index in [4.69, 9.17) is 0 Å². The number of rotatable bonds is 2. The molecule has 0 saturated heterocycles. The Kier molecular flexibility index (Phi) is 7.63. The van der Waals surface area contributed by atoms with E-state index < -0.39 is 0 Å². The van der Waals surface area contributed by atoms with Gasteiger partial charge in [-0.25, -0.2) is 0 Å². The minimum absolute atomic E-state index is 0. The van der Waals surface area contributed by atoms with Gasteiger partial charge in [0.15, 0.2) is 0 Å². The minimum atomic E-state index is 0. The van der Waals surface area contributed by atoms with Crippen LogP contribution in [-0.4, -0.2) is 13.1 Å². The molecule has 0 aliphatic carbocycles. The molecule has 0 bridgehead atoms. The maximum absolute atomic E-state index is 2.48. The van der Waals surface area contributed by atoms with Crippen molar-refractivity contribution in [3.8, 4) is 0 Å². The second-order valence-electron chi connectivity index (χ2n) is 3.37.